The van der Waals surface area contributed by atoms with Crippen LogP contribution in [0.4, 0.5) is 0 Å². The monoisotopic (exact) mass is 273 g/mol. The van der Waals surface area contributed by atoms with Crippen LogP contribution in [0.15, 0.2) is 0 Å². The van der Waals surface area contributed by atoms with E-state index >= 15 is 0 Å². The minimum absolute atomic E-state index is 0.154. The van der Waals surface area contributed by atoms with E-state index in [2.05, 4.69) is 19.2 Å². The van der Waals surface area contributed by atoms with Gasteiger partial charge in [0.1, 0.15) is 0 Å². The van der Waals surface area contributed by atoms with E-state index in [0.717, 1.165) is 32.5 Å². The van der Waals surface area contributed by atoms with Crippen molar-refractivity contribution in [1.29, 1.82) is 0 Å². The summed E-state index contributed by atoms with van der Waals surface area (Å²) in [6.45, 7) is 12.6. The molecule has 0 amide bonds. The SMILES string of the molecule is CCOCC(C)OCC1CCC(CNCC(C)C)O1. The van der Waals surface area contributed by atoms with Gasteiger partial charge in [-0.3, -0.25) is 0 Å². The molecular formula is C15H31NO3. The lowest BCUT2D eigenvalue weighted by atomic mass is 10.2. The molecule has 0 aromatic heterocycles. The molecule has 3 atom stereocenters. The molecule has 1 heterocycles. The maximum absolute atomic E-state index is 5.97. The smallest absolute Gasteiger partial charge is 0.0814 e. The van der Waals surface area contributed by atoms with Gasteiger partial charge < -0.3 is 19.5 Å². The zero-order chi connectivity index (χ0) is 14.1. The van der Waals surface area contributed by atoms with E-state index in [9.17, 15) is 0 Å². The number of hydrogen-bond acceptors (Lipinski definition) is 4. The van der Waals surface area contributed by atoms with Crippen LogP contribution in [0, 0.1) is 5.92 Å². The molecule has 114 valence electrons. The van der Waals surface area contributed by atoms with E-state index in [-0.39, 0.29) is 12.2 Å². The summed E-state index contributed by atoms with van der Waals surface area (Å²) in [4.78, 5) is 0. The van der Waals surface area contributed by atoms with Crippen molar-refractivity contribution in [3.63, 3.8) is 0 Å². The van der Waals surface area contributed by atoms with Gasteiger partial charge in [0.25, 0.3) is 0 Å². The molecule has 1 rings (SSSR count). The summed E-state index contributed by atoms with van der Waals surface area (Å²) in [5, 5.41) is 3.45. The maximum Gasteiger partial charge on any atom is 0.0814 e. The second-order valence-corrected chi connectivity index (χ2v) is 5.81. The van der Waals surface area contributed by atoms with Gasteiger partial charge in [-0.05, 0) is 39.2 Å². The van der Waals surface area contributed by atoms with Gasteiger partial charge in [-0.25, -0.2) is 0 Å². The molecule has 0 aliphatic carbocycles. The molecule has 0 radical (unpaired) electrons. The molecule has 19 heavy (non-hydrogen) atoms. The van der Waals surface area contributed by atoms with Gasteiger partial charge in [-0.2, -0.15) is 0 Å². The maximum atomic E-state index is 5.97. The fourth-order valence-corrected chi connectivity index (χ4v) is 2.19. The van der Waals surface area contributed by atoms with Crippen LogP contribution >= 0.6 is 0 Å². The first-order valence-corrected chi connectivity index (χ1v) is 7.67. The first-order chi connectivity index (χ1) is 9.11. The van der Waals surface area contributed by atoms with E-state index in [4.69, 9.17) is 14.2 Å². The fourth-order valence-electron chi connectivity index (χ4n) is 2.19. The summed E-state index contributed by atoms with van der Waals surface area (Å²) in [5.41, 5.74) is 0. The van der Waals surface area contributed by atoms with Crippen LogP contribution in [-0.4, -0.2) is 51.2 Å². The van der Waals surface area contributed by atoms with Crippen molar-refractivity contribution in [3.8, 4) is 0 Å². The Hall–Kier alpha value is -0.160. The van der Waals surface area contributed by atoms with E-state index in [0.29, 0.717) is 25.2 Å². The molecule has 4 nitrogen and oxygen atoms in total. The topological polar surface area (TPSA) is 39.7 Å². The van der Waals surface area contributed by atoms with E-state index in [1.165, 1.54) is 0 Å². The second-order valence-electron chi connectivity index (χ2n) is 5.81. The summed E-state index contributed by atoms with van der Waals surface area (Å²) in [6, 6.07) is 0. The Balaban J connectivity index is 2.04. The average molecular weight is 273 g/mol. The van der Waals surface area contributed by atoms with Crippen molar-refractivity contribution < 1.29 is 14.2 Å². The number of hydrogen-bond donors (Lipinski definition) is 1. The zero-order valence-electron chi connectivity index (χ0n) is 13.0. The van der Waals surface area contributed by atoms with Crippen molar-refractivity contribution in [1.82, 2.24) is 5.32 Å². The Morgan fingerprint density at radius 2 is 1.95 bits per heavy atom. The molecule has 0 bridgehead atoms. The lowest BCUT2D eigenvalue weighted by Crippen LogP contribution is -2.30. The fraction of sp³-hybridized carbons (Fsp3) is 1.00. The van der Waals surface area contributed by atoms with Crippen LogP contribution < -0.4 is 5.32 Å². The minimum Gasteiger partial charge on any atom is -0.379 e. The third kappa shape index (κ3) is 7.88. The van der Waals surface area contributed by atoms with Gasteiger partial charge in [-0.15, -0.1) is 0 Å². The first kappa shape index (κ1) is 16.9. The summed E-state index contributed by atoms with van der Waals surface area (Å²) in [6.07, 6.45) is 3.01. The molecule has 1 N–H and O–H groups in total. The molecule has 4 heteroatoms. The molecule has 1 aliphatic rings. The minimum atomic E-state index is 0.154. The summed E-state index contributed by atoms with van der Waals surface area (Å²) in [7, 11) is 0. The van der Waals surface area contributed by atoms with E-state index in [1.807, 2.05) is 13.8 Å². The zero-order valence-corrected chi connectivity index (χ0v) is 13.0. The number of ether oxygens (including phenoxy) is 3. The summed E-state index contributed by atoms with van der Waals surface area (Å²) in [5.74, 6) is 0.694. The van der Waals surface area contributed by atoms with E-state index < -0.39 is 0 Å². The molecule has 0 aromatic carbocycles. The molecular weight excluding hydrogens is 242 g/mol. The van der Waals surface area contributed by atoms with Crippen LogP contribution in [0.1, 0.15) is 40.5 Å². The molecule has 0 spiro atoms. The molecule has 3 unspecified atom stereocenters. The van der Waals surface area contributed by atoms with Gasteiger partial charge in [-0.1, -0.05) is 13.8 Å². The second kappa shape index (κ2) is 9.70. The third-order valence-electron chi connectivity index (χ3n) is 3.24. The highest BCUT2D eigenvalue weighted by atomic mass is 16.6. The highest BCUT2D eigenvalue weighted by Gasteiger charge is 2.25. The van der Waals surface area contributed by atoms with Crippen molar-refractivity contribution in [2.24, 2.45) is 5.92 Å². The Labute approximate surface area is 118 Å². The predicted molar refractivity (Wildman–Crippen MR) is 77.5 cm³/mol. The van der Waals surface area contributed by atoms with Crippen LogP contribution in [0.25, 0.3) is 0 Å². The number of rotatable bonds is 10. The number of nitrogens with one attached hydrogen (secondary N) is 1. The standard InChI is InChI=1S/C15H31NO3/c1-5-17-10-13(4)18-11-15-7-6-14(19-15)9-16-8-12(2)3/h12-16H,5-11H2,1-4H3. The lowest BCUT2D eigenvalue weighted by Gasteiger charge is -2.18. The Bertz CT molecular complexity index is 223. The summed E-state index contributed by atoms with van der Waals surface area (Å²) >= 11 is 0. The normalized spacial score (nSPS) is 25.1. The van der Waals surface area contributed by atoms with Crippen LogP contribution in [0.2, 0.25) is 0 Å². The Morgan fingerprint density at radius 3 is 2.63 bits per heavy atom. The highest BCUT2D eigenvalue weighted by Crippen LogP contribution is 2.19. The van der Waals surface area contributed by atoms with Crippen LogP contribution in [-0.2, 0) is 14.2 Å². The Kier molecular flexibility index (Phi) is 8.62. The van der Waals surface area contributed by atoms with Crippen molar-refractivity contribution in [2.45, 2.75) is 58.8 Å². The first-order valence-electron chi connectivity index (χ1n) is 7.67. The average Bonchev–Trinajstić information content (AvgIpc) is 2.81. The highest BCUT2D eigenvalue weighted by molar-refractivity contribution is 4.75. The molecule has 1 aliphatic heterocycles. The van der Waals surface area contributed by atoms with Crippen molar-refractivity contribution >= 4 is 0 Å². The van der Waals surface area contributed by atoms with Crippen LogP contribution in [0.3, 0.4) is 0 Å². The van der Waals surface area contributed by atoms with E-state index in [1.54, 1.807) is 0 Å². The molecule has 1 saturated heterocycles. The molecule has 0 saturated carbocycles. The van der Waals surface area contributed by atoms with Gasteiger partial charge >= 0.3 is 0 Å². The summed E-state index contributed by atoms with van der Waals surface area (Å²) < 4.78 is 17.0. The third-order valence-corrected chi connectivity index (χ3v) is 3.24. The lowest BCUT2D eigenvalue weighted by molar-refractivity contribution is -0.0583. The van der Waals surface area contributed by atoms with Gasteiger partial charge in [0.15, 0.2) is 0 Å². The van der Waals surface area contributed by atoms with Crippen molar-refractivity contribution in [2.75, 3.05) is 32.9 Å². The van der Waals surface area contributed by atoms with Gasteiger partial charge in [0.05, 0.1) is 31.5 Å². The predicted octanol–water partition coefficient (Wildman–Crippen LogP) is 2.22. The molecule has 0 aromatic rings. The van der Waals surface area contributed by atoms with Gasteiger partial charge in [0.2, 0.25) is 0 Å². The molecule has 1 fully saturated rings. The van der Waals surface area contributed by atoms with Crippen molar-refractivity contribution in [3.05, 3.63) is 0 Å². The Morgan fingerprint density at radius 1 is 1.21 bits per heavy atom. The largest absolute Gasteiger partial charge is 0.379 e. The van der Waals surface area contributed by atoms with Gasteiger partial charge in [0, 0.05) is 13.2 Å². The quantitative estimate of drug-likeness (QED) is 0.662. The van der Waals surface area contributed by atoms with Crippen LogP contribution in [0.5, 0.6) is 0 Å².